The Morgan fingerprint density at radius 3 is 2.90 bits per heavy atom. The molecule has 0 aliphatic rings. The second kappa shape index (κ2) is 7.49. The molecule has 0 saturated carbocycles. The summed E-state index contributed by atoms with van der Waals surface area (Å²) < 4.78 is 12.4. The van der Waals surface area contributed by atoms with E-state index in [-0.39, 0.29) is 5.91 Å². The maximum Gasteiger partial charge on any atom is 0.417 e. The van der Waals surface area contributed by atoms with Crippen LogP contribution in [0.15, 0.2) is 76.2 Å². The number of methoxy groups -OCH3 is 1. The van der Waals surface area contributed by atoms with Crippen LogP contribution >= 0.6 is 0 Å². The van der Waals surface area contributed by atoms with E-state index < -0.39 is 5.76 Å². The van der Waals surface area contributed by atoms with E-state index in [1.807, 2.05) is 34.9 Å². The zero-order chi connectivity index (χ0) is 21.4. The molecule has 0 bridgehead atoms. The molecule has 0 atom stereocenters. The second-order valence-corrected chi connectivity index (χ2v) is 7.07. The fraction of sp³-hybridized carbons (Fsp3) is 0.0870. The van der Waals surface area contributed by atoms with Gasteiger partial charge in [0.25, 0.3) is 5.91 Å². The fourth-order valence-electron chi connectivity index (χ4n) is 3.58. The lowest BCUT2D eigenvalue weighted by Gasteiger charge is -2.10. The molecule has 0 fully saturated rings. The highest BCUT2D eigenvalue weighted by molar-refractivity contribution is 6.06. The maximum atomic E-state index is 12.7. The predicted octanol–water partition coefficient (Wildman–Crippen LogP) is 3.78. The van der Waals surface area contributed by atoms with Crippen LogP contribution in [0.3, 0.4) is 0 Å². The van der Waals surface area contributed by atoms with Crippen molar-refractivity contribution >= 4 is 33.7 Å². The molecule has 5 aromatic rings. The highest BCUT2D eigenvalue weighted by Gasteiger charge is 2.12. The Morgan fingerprint density at radius 1 is 1.16 bits per heavy atom. The maximum absolute atomic E-state index is 12.7. The van der Waals surface area contributed by atoms with Crippen molar-refractivity contribution in [1.82, 2.24) is 14.5 Å². The average molecular weight is 414 g/mol. The van der Waals surface area contributed by atoms with Crippen molar-refractivity contribution in [1.29, 1.82) is 0 Å². The molecule has 2 N–H and O–H groups in total. The topological polar surface area (TPSA) is 102 Å². The van der Waals surface area contributed by atoms with E-state index in [1.165, 1.54) is 0 Å². The molecule has 0 radical (unpaired) electrons. The van der Waals surface area contributed by atoms with Gasteiger partial charge in [-0.05, 0) is 42.5 Å². The number of benzene rings is 3. The molecule has 2 aromatic heterocycles. The average Bonchev–Trinajstić information content (AvgIpc) is 3.35. The summed E-state index contributed by atoms with van der Waals surface area (Å²) in [5, 5.41) is 2.83. The van der Waals surface area contributed by atoms with E-state index in [4.69, 9.17) is 9.15 Å². The Kier molecular flexibility index (Phi) is 4.51. The molecular weight excluding hydrogens is 396 g/mol. The quantitative estimate of drug-likeness (QED) is 0.456. The van der Waals surface area contributed by atoms with E-state index in [9.17, 15) is 9.59 Å². The van der Waals surface area contributed by atoms with Crippen molar-refractivity contribution in [3.8, 4) is 5.75 Å². The number of aromatic nitrogens is 3. The van der Waals surface area contributed by atoms with Gasteiger partial charge in [0.2, 0.25) is 0 Å². The summed E-state index contributed by atoms with van der Waals surface area (Å²) >= 11 is 0. The van der Waals surface area contributed by atoms with Crippen molar-refractivity contribution < 1.29 is 13.9 Å². The monoisotopic (exact) mass is 414 g/mol. The molecule has 3 aromatic carbocycles. The minimum absolute atomic E-state index is 0.272. The summed E-state index contributed by atoms with van der Waals surface area (Å²) in [6, 6.07) is 18.2. The highest BCUT2D eigenvalue weighted by Crippen LogP contribution is 2.22. The van der Waals surface area contributed by atoms with Gasteiger partial charge < -0.3 is 19.0 Å². The van der Waals surface area contributed by atoms with Crippen molar-refractivity contribution in [2.45, 2.75) is 6.54 Å². The Balaban J connectivity index is 1.39. The van der Waals surface area contributed by atoms with Gasteiger partial charge in [-0.2, -0.15) is 0 Å². The first-order chi connectivity index (χ1) is 15.1. The number of hydrogen-bond acceptors (Lipinski definition) is 5. The summed E-state index contributed by atoms with van der Waals surface area (Å²) in [7, 11) is 1.65. The number of anilines is 1. The lowest BCUT2D eigenvalue weighted by Crippen LogP contribution is -2.11. The Morgan fingerprint density at radius 2 is 2.03 bits per heavy atom. The summed E-state index contributed by atoms with van der Waals surface area (Å²) in [6.07, 6.45) is 1.75. The van der Waals surface area contributed by atoms with E-state index >= 15 is 0 Å². The van der Waals surface area contributed by atoms with Crippen LogP contribution < -0.4 is 15.8 Å². The number of H-pyrrole nitrogens is 1. The molecular formula is C23H18N4O4. The van der Waals surface area contributed by atoms with E-state index in [1.54, 1.807) is 43.8 Å². The zero-order valence-corrected chi connectivity index (χ0v) is 16.6. The van der Waals surface area contributed by atoms with Gasteiger partial charge in [0.05, 0.1) is 36.5 Å². The smallest absolute Gasteiger partial charge is 0.417 e. The number of carbonyl (C=O) groups excluding carboxylic acids is 1. The molecule has 5 rings (SSSR count). The number of oxazole rings is 1. The van der Waals surface area contributed by atoms with E-state index in [2.05, 4.69) is 15.3 Å². The van der Waals surface area contributed by atoms with Gasteiger partial charge >= 0.3 is 5.76 Å². The van der Waals surface area contributed by atoms with Crippen LogP contribution in [0.25, 0.3) is 22.1 Å². The van der Waals surface area contributed by atoms with Gasteiger partial charge in [0, 0.05) is 16.8 Å². The Bertz CT molecular complexity index is 1480. The number of fused-ring (bicyclic) bond motifs is 2. The second-order valence-electron chi connectivity index (χ2n) is 7.07. The van der Waals surface area contributed by atoms with Crippen LogP contribution in [0, 0.1) is 0 Å². The van der Waals surface area contributed by atoms with Crippen LogP contribution in [0.1, 0.15) is 15.9 Å². The van der Waals surface area contributed by atoms with Crippen LogP contribution in [-0.4, -0.2) is 27.6 Å². The minimum atomic E-state index is -0.535. The number of nitrogens with one attached hydrogen (secondary N) is 2. The lowest BCUT2D eigenvalue weighted by atomic mass is 10.1. The number of para-hydroxylation sites is 1. The molecule has 31 heavy (non-hydrogen) atoms. The van der Waals surface area contributed by atoms with Crippen molar-refractivity contribution in [2.24, 2.45) is 0 Å². The van der Waals surface area contributed by atoms with Gasteiger partial charge in [-0.15, -0.1) is 0 Å². The predicted molar refractivity (Wildman–Crippen MR) is 117 cm³/mol. The number of hydrogen-bond donors (Lipinski definition) is 2. The molecule has 8 heteroatoms. The molecule has 2 heterocycles. The number of amides is 1. The van der Waals surface area contributed by atoms with Crippen molar-refractivity contribution in [3.05, 3.63) is 88.7 Å². The number of rotatable bonds is 5. The van der Waals surface area contributed by atoms with Gasteiger partial charge in [-0.3, -0.25) is 9.78 Å². The molecule has 8 nitrogen and oxygen atoms in total. The molecule has 0 saturated heterocycles. The van der Waals surface area contributed by atoms with Gasteiger partial charge in [0.15, 0.2) is 5.58 Å². The minimum Gasteiger partial charge on any atom is -0.496 e. The largest absolute Gasteiger partial charge is 0.496 e. The normalized spacial score (nSPS) is 11.1. The number of ether oxygens (including phenoxy) is 1. The molecule has 0 spiro atoms. The van der Waals surface area contributed by atoms with Gasteiger partial charge in [-0.1, -0.05) is 18.2 Å². The summed E-state index contributed by atoms with van der Waals surface area (Å²) in [4.78, 5) is 31.0. The molecule has 0 aliphatic carbocycles. The zero-order valence-electron chi connectivity index (χ0n) is 16.6. The molecule has 0 aliphatic heterocycles. The third-order valence-electron chi connectivity index (χ3n) is 5.09. The summed E-state index contributed by atoms with van der Waals surface area (Å²) in [5.74, 6) is 0.00953. The van der Waals surface area contributed by atoms with Gasteiger partial charge in [0.1, 0.15) is 5.75 Å². The van der Waals surface area contributed by atoms with E-state index in [0.717, 1.165) is 22.3 Å². The first-order valence-corrected chi connectivity index (χ1v) is 9.62. The number of imidazole rings is 1. The number of carbonyl (C=O) groups is 1. The highest BCUT2D eigenvalue weighted by atomic mass is 16.5. The standard InChI is InChI=1S/C23H18N4O4/c1-30-20-5-3-2-4-15(20)12-27-13-24-17-10-14(6-8-19(17)27)22(28)25-16-7-9-21-18(11-16)26-23(29)31-21/h2-11,13H,12H2,1H3,(H,25,28)(H,26,29). The SMILES string of the molecule is COc1ccccc1Cn1cnc2cc(C(=O)Nc3ccc4oc(=O)[nH]c4c3)ccc21. The molecule has 1 amide bonds. The third-order valence-corrected chi connectivity index (χ3v) is 5.09. The summed E-state index contributed by atoms with van der Waals surface area (Å²) in [6.45, 7) is 0.606. The van der Waals surface area contributed by atoms with Crippen LogP contribution in [-0.2, 0) is 6.54 Å². The lowest BCUT2D eigenvalue weighted by molar-refractivity contribution is 0.102. The third kappa shape index (κ3) is 3.55. The van der Waals surface area contributed by atoms with Gasteiger partial charge in [-0.25, -0.2) is 9.78 Å². The van der Waals surface area contributed by atoms with Crippen molar-refractivity contribution in [2.75, 3.05) is 12.4 Å². The van der Waals surface area contributed by atoms with Crippen molar-refractivity contribution in [3.63, 3.8) is 0 Å². The molecule has 154 valence electrons. The van der Waals surface area contributed by atoms with Crippen LogP contribution in [0.2, 0.25) is 0 Å². The van der Waals surface area contributed by atoms with Crippen LogP contribution in [0.5, 0.6) is 5.75 Å². The number of aromatic amines is 1. The first-order valence-electron chi connectivity index (χ1n) is 9.62. The fourth-order valence-corrected chi connectivity index (χ4v) is 3.58. The molecule has 0 unspecified atom stereocenters. The Labute approximate surface area is 176 Å². The first kappa shape index (κ1) is 18.7. The Hall–Kier alpha value is -4.33. The summed E-state index contributed by atoms with van der Waals surface area (Å²) in [5.41, 5.74) is 4.67. The number of nitrogens with zero attached hydrogens (tertiary/aromatic N) is 2. The van der Waals surface area contributed by atoms with E-state index in [0.29, 0.717) is 28.9 Å². The van der Waals surface area contributed by atoms with Crippen LogP contribution in [0.4, 0.5) is 5.69 Å².